The van der Waals surface area contributed by atoms with E-state index >= 15 is 0 Å². The average molecular weight is 321 g/mol. The van der Waals surface area contributed by atoms with Crippen molar-refractivity contribution < 1.29 is 14.9 Å². The lowest BCUT2D eigenvalue weighted by Crippen LogP contribution is -2.27. The minimum atomic E-state index is -0.831. The Kier molecular flexibility index (Phi) is 5.04. The second-order valence-corrected chi connectivity index (χ2v) is 5.78. The first kappa shape index (κ1) is 16.1. The summed E-state index contributed by atoms with van der Waals surface area (Å²) in [6.07, 6.45) is 4.60. The Hall–Kier alpha value is -1.77. The summed E-state index contributed by atoms with van der Waals surface area (Å²) in [6, 6.07) is 0. The monoisotopic (exact) mass is 321 g/mol. The van der Waals surface area contributed by atoms with Crippen LogP contribution < -0.4 is 4.90 Å². The molecule has 0 bridgehead atoms. The van der Waals surface area contributed by atoms with E-state index in [1.54, 1.807) is 10.9 Å². The van der Waals surface area contributed by atoms with Gasteiger partial charge in [0, 0.05) is 13.1 Å². The average Bonchev–Trinajstić information content (AvgIpc) is 2.83. The van der Waals surface area contributed by atoms with Crippen molar-refractivity contribution in [1.29, 1.82) is 0 Å². The number of ether oxygens (including phenoxy) is 1. The zero-order chi connectivity index (χ0) is 16.2. The molecule has 0 aromatic carbocycles. The van der Waals surface area contributed by atoms with Crippen molar-refractivity contribution in [3.63, 3.8) is 0 Å². The number of fused-ring (bicyclic) bond motifs is 1. The Bertz CT molecular complexity index is 647. The molecule has 1 unspecified atom stereocenters. The number of rotatable bonds is 5. The summed E-state index contributed by atoms with van der Waals surface area (Å²) in [5.41, 5.74) is 1.38. The summed E-state index contributed by atoms with van der Waals surface area (Å²) in [5.74, 6) is 0.799. The van der Waals surface area contributed by atoms with Gasteiger partial charge < -0.3 is 24.4 Å². The maximum absolute atomic E-state index is 9.63. The molecule has 2 aromatic rings. The van der Waals surface area contributed by atoms with Crippen LogP contribution in [0.4, 0.5) is 5.82 Å². The Morgan fingerprint density at radius 2 is 2.22 bits per heavy atom. The number of aliphatic hydroxyl groups excluding tert-OH is 2. The molecule has 1 aliphatic heterocycles. The molecule has 1 aliphatic rings. The fraction of sp³-hybridized carbons (Fsp3) is 0.667. The minimum Gasteiger partial charge on any atom is -0.394 e. The van der Waals surface area contributed by atoms with E-state index in [0.717, 1.165) is 31.7 Å². The predicted molar refractivity (Wildman–Crippen MR) is 85.3 cm³/mol. The first-order valence-electron chi connectivity index (χ1n) is 8.04. The Morgan fingerprint density at radius 3 is 3.00 bits per heavy atom. The van der Waals surface area contributed by atoms with Crippen LogP contribution in [0.25, 0.3) is 11.2 Å². The molecule has 0 amide bonds. The van der Waals surface area contributed by atoms with Crippen molar-refractivity contribution in [1.82, 2.24) is 19.5 Å². The maximum atomic E-state index is 9.63. The van der Waals surface area contributed by atoms with Gasteiger partial charge in [-0.15, -0.1) is 0 Å². The summed E-state index contributed by atoms with van der Waals surface area (Å²) >= 11 is 0. The molecule has 8 heteroatoms. The van der Waals surface area contributed by atoms with Crippen LogP contribution in [-0.2, 0) is 11.3 Å². The van der Waals surface area contributed by atoms with Gasteiger partial charge in [0.15, 0.2) is 17.0 Å². The molecule has 2 atom stereocenters. The molecule has 3 heterocycles. The molecule has 2 N–H and O–H groups in total. The summed E-state index contributed by atoms with van der Waals surface area (Å²) < 4.78 is 7.56. The van der Waals surface area contributed by atoms with E-state index in [1.807, 2.05) is 0 Å². The summed E-state index contributed by atoms with van der Waals surface area (Å²) in [6.45, 7) is 4.42. The first-order chi connectivity index (χ1) is 11.2. The van der Waals surface area contributed by atoms with Gasteiger partial charge in [-0.25, -0.2) is 15.0 Å². The van der Waals surface area contributed by atoms with Gasteiger partial charge in [0.25, 0.3) is 0 Å². The molecule has 0 saturated carbocycles. The second kappa shape index (κ2) is 7.20. The van der Waals surface area contributed by atoms with Gasteiger partial charge in [0.2, 0.25) is 0 Å². The van der Waals surface area contributed by atoms with Crippen LogP contribution in [0.15, 0.2) is 12.7 Å². The van der Waals surface area contributed by atoms with Gasteiger partial charge in [-0.1, -0.05) is 6.92 Å². The molecular weight excluding hydrogens is 298 g/mol. The van der Waals surface area contributed by atoms with Crippen LogP contribution in [0.2, 0.25) is 0 Å². The molecule has 0 aliphatic carbocycles. The van der Waals surface area contributed by atoms with Gasteiger partial charge in [-0.05, 0) is 12.8 Å². The van der Waals surface area contributed by atoms with Crippen molar-refractivity contribution in [3.8, 4) is 0 Å². The number of nitrogens with zero attached hydrogens (tertiary/aromatic N) is 5. The van der Waals surface area contributed by atoms with Crippen LogP contribution in [0.3, 0.4) is 0 Å². The van der Waals surface area contributed by atoms with Gasteiger partial charge >= 0.3 is 0 Å². The van der Waals surface area contributed by atoms with Crippen molar-refractivity contribution >= 4 is 17.0 Å². The topological polar surface area (TPSA) is 96.5 Å². The zero-order valence-electron chi connectivity index (χ0n) is 13.3. The number of imidazole rings is 1. The number of anilines is 1. The van der Waals surface area contributed by atoms with Crippen molar-refractivity contribution in [2.75, 3.05) is 31.2 Å². The van der Waals surface area contributed by atoms with Crippen molar-refractivity contribution in [2.24, 2.45) is 0 Å². The molecule has 0 spiro atoms. The molecule has 1 fully saturated rings. The first-order valence-corrected chi connectivity index (χ1v) is 8.04. The normalized spacial score (nSPS) is 20.7. The van der Waals surface area contributed by atoms with Crippen molar-refractivity contribution in [2.45, 2.75) is 38.5 Å². The number of aliphatic hydroxyl groups is 2. The Labute approximate surface area is 134 Å². The van der Waals surface area contributed by atoms with E-state index in [4.69, 9.17) is 9.84 Å². The third-order valence-corrected chi connectivity index (χ3v) is 4.19. The standard InChI is InChI=1S/C15H23N5O3/c1-2-12-3-4-19(5-6-23-12)14-13-15(17-9-16-14)20(10-18-13)7-11(22)8-21/h9-12,21-22H,2-8H2,1H3/t11-,12?/m0/s1. The maximum Gasteiger partial charge on any atom is 0.165 e. The molecule has 0 radical (unpaired) electrons. The zero-order valence-corrected chi connectivity index (χ0v) is 13.3. The molecule has 8 nitrogen and oxygen atoms in total. The Balaban J connectivity index is 1.86. The van der Waals surface area contributed by atoms with E-state index in [9.17, 15) is 5.11 Å². The van der Waals surface area contributed by atoms with Gasteiger partial charge in [-0.3, -0.25) is 0 Å². The van der Waals surface area contributed by atoms with Crippen LogP contribution in [0.5, 0.6) is 0 Å². The Morgan fingerprint density at radius 1 is 1.35 bits per heavy atom. The van der Waals surface area contributed by atoms with E-state index in [1.165, 1.54) is 6.33 Å². The quantitative estimate of drug-likeness (QED) is 0.811. The van der Waals surface area contributed by atoms with Crippen molar-refractivity contribution in [3.05, 3.63) is 12.7 Å². The minimum absolute atomic E-state index is 0.254. The van der Waals surface area contributed by atoms with E-state index < -0.39 is 6.10 Å². The summed E-state index contributed by atoms with van der Waals surface area (Å²) in [5, 5.41) is 18.6. The molecule has 1 saturated heterocycles. The second-order valence-electron chi connectivity index (χ2n) is 5.78. The van der Waals surface area contributed by atoms with Crippen LogP contribution in [0.1, 0.15) is 19.8 Å². The van der Waals surface area contributed by atoms with Crippen LogP contribution in [0, 0.1) is 0 Å². The molecule has 23 heavy (non-hydrogen) atoms. The van der Waals surface area contributed by atoms with Gasteiger partial charge in [0.05, 0.1) is 38.3 Å². The highest BCUT2D eigenvalue weighted by molar-refractivity contribution is 5.83. The molecular formula is C15H23N5O3. The molecule has 126 valence electrons. The highest BCUT2D eigenvalue weighted by atomic mass is 16.5. The lowest BCUT2D eigenvalue weighted by molar-refractivity contribution is 0.0626. The number of hydrogen-bond donors (Lipinski definition) is 2. The number of aromatic nitrogens is 4. The lowest BCUT2D eigenvalue weighted by Gasteiger charge is -2.20. The largest absolute Gasteiger partial charge is 0.394 e. The van der Waals surface area contributed by atoms with Gasteiger partial charge in [-0.2, -0.15) is 0 Å². The number of hydrogen-bond acceptors (Lipinski definition) is 7. The highest BCUT2D eigenvalue weighted by Gasteiger charge is 2.21. The predicted octanol–water partition coefficient (Wildman–Crippen LogP) is 0.185. The highest BCUT2D eigenvalue weighted by Crippen LogP contribution is 2.23. The van der Waals surface area contributed by atoms with Gasteiger partial charge in [0.1, 0.15) is 6.33 Å². The van der Waals surface area contributed by atoms with E-state index in [-0.39, 0.29) is 13.2 Å². The van der Waals surface area contributed by atoms with Crippen LogP contribution >= 0.6 is 0 Å². The van der Waals surface area contributed by atoms with E-state index in [0.29, 0.717) is 23.9 Å². The lowest BCUT2D eigenvalue weighted by atomic mass is 10.2. The smallest absolute Gasteiger partial charge is 0.165 e. The SMILES string of the molecule is CCC1CCN(c2ncnc3c2ncn3C[C@H](O)CO)CCO1. The van der Waals surface area contributed by atoms with Crippen LogP contribution in [-0.4, -0.2) is 68.2 Å². The third kappa shape index (κ3) is 3.44. The fourth-order valence-electron chi connectivity index (χ4n) is 2.88. The molecule has 3 rings (SSSR count). The third-order valence-electron chi connectivity index (χ3n) is 4.19. The summed E-state index contributed by atoms with van der Waals surface area (Å²) in [4.78, 5) is 15.3. The summed E-state index contributed by atoms with van der Waals surface area (Å²) in [7, 11) is 0. The van der Waals surface area contributed by atoms with E-state index in [2.05, 4.69) is 26.8 Å². The fourth-order valence-corrected chi connectivity index (χ4v) is 2.88. The molecule has 2 aromatic heterocycles.